The zero-order chi connectivity index (χ0) is 9.08. The van der Waals surface area contributed by atoms with Gasteiger partial charge in [-0.2, -0.15) is 17.6 Å². The maximum atomic E-state index is 12.1. The molecule has 0 aromatic heterocycles. The molecule has 0 spiro atoms. The van der Waals surface area contributed by atoms with Gasteiger partial charge in [-0.05, 0) is 0 Å². The summed E-state index contributed by atoms with van der Waals surface area (Å²) >= 11 is 9.18. The lowest BCUT2D eigenvalue weighted by molar-refractivity contribution is -0.320. The molecule has 0 radical (unpaired) electrons. The van der Waals surface area contributed by atoms with E-state index in [1.807, 2.05) is 0 Å². The van der Waals surface area contributed by atoms with Crippen molar-refractivity contribution in [3.63, 3.8) is 0 Å². The molecule has 7 heteroatoms. The Balaban J connectivity index is 2.98. The van der Waals surface area contributed by atoms with Gasteiger partial charge >= 0.3 is 11.8 Å². The Morgan fingerprint density at radius 2 is 1.36 bits per heavy atom. The van der Waals surface area contributed by atoms with Crippen molar-refractivity contribution in [2.45, 2.75) is 22.4 Å². The Bertz CT molecular complexity index is 171. The zero-order valence-corrected chi connectivity index (χ0v) is 6.23. The topological polar surface area (TPSA) is 0 Å². The van der Waals surface area contributed by atoms with Crippen LogP contribution in [0.15, 0.2) is 0 Å². The molecule has 0 bridgehead atoms. The number of halogens is 7. The second kappa shape index (κ2) is 1.93. The third-order valence-electron chi connectivity index (χ3n) is 1.47. The summed E-state index contributed by atoms with van der Waals surface area (Å²) in [4.78, 5) is 0. The average Bonchev–Trinajstić information content (AvgIpc) is 1.84. The molecule has 0 N–H and O–H groups in total. The molecule has 0 heterocycles. The number of hydrogen-bond donors (Lipinski definition) is 0. The predicted octanol–water partition coefficient (Wildman–Crippen LogP) is 2.78. The summed E-state index contributed by atoms with van der Waals surface area (Å²) in [5.74, 6) is -9.45. The molecule has 0 aromatic carbocycles. The van der Waals surface area contributed by atoms with Crippen LogP contribution in [0.3, 0.4) is 0 Å². The molecule has 1 saturated carbocycles. The molecule has 1 rings (SSSR count). The Morgan fingerprint density at radius 3 is 1.45 bits per heavy atom. The number of hydrogen-bond acceptors (Lipinski definition) is 0. The second-order valence-corrected chi connectivity index (χ2v) is 3.57. The normalized spacial score (nSPS) is 37.9. The Labute approximate surface area is 68.3 Å². The Morgan fingerprint density at radius 1 is 1.00 bits per heavy atom. The molecule has 1 unspecified atom stereocenters. The largest absolute Gasteiger partial charge is 0.348 e. The van der Waals surface area contributed by atoms with E-state index >= 15 is 0 Å². The van der Waals surface area contributed by atoms with E-state index in [2.05, 4.69) is 23.2 Å². The van der Waals surface area contributed by atoms with E-state index in [9.17, 15) is 22.0 Å². The summed E-state index contributed by atoms with van der Waals surface area (Å²) < 4.78 is 56.8. The summed E-state index contributed by atoms with van der Waals surface area (Å²) in [5, 5.41) is 0. The Kier molecular flexibility index (Phi) is 1.64. The summed E-state index contributed by atoms with van der Waals surface area (Å²) in [5.41, 5.74) is 0. The highest BCUT2D eigenvalue weighted by Crippen LogP contribution is 2.64. The van der Waals surface area contributed by atoms with Gasteiger partial charge in [0.05, 0.1) is 0 Å². The maximum absolute atomic E-state index is 12.1. The van der Waals surface area contributed by atoms with Gasteiger partial charge in [-0.1, -0.05) is 23.2 Å². The van der Waals surface area contributed by atoms with Crippen LogP contribution in [0, 0.1) is 0 Å². The van der Waals surface area contributed by atoms with Crippen molar-refractivity contribution in [2.75, 3.05) is 0 Å². The Hall–Kier alpha value is 0.230. The molecule has 1 fully saturated rings. The molecule has 1 aliphatic carbocycles. The van der Waals surface area contributed by atoms with Crippen molar-refractivity contribution in [1.82, 2.24) is 0 Å². The van der Waals surface area contributed by atoms with Crippen LogP contribution in [0.1, 0.15) is 0 Å². The number of rotatable bonds is 0. The first kappa shape index (κ1) is 9.32. The molecule has 66 valence electrons. The van der Waals surface area contributed by atoms with Crippen LogP contribution in [0.5, 0.6) is 0 Å². The van der Waals surface area contributed by atoms with Crippen LogP contribution in [-0.4, -0.2) is 22.4 Å². The van der Waals surface area contributed by atoms with Gasteiger partial charge in [-0.3, -0.25) is 0 Å². The van der Waals surface area contributed by atoms with Gasteiger partial charge in [0.15, 0.2) is 0 Å². The van der Waals surface area contributed by atoms with Gasteiger partial charge < -0.3 is 0 Å². The smallest absolute Gasteiger partial charge is 0.237 e. The van der Waals surface area contributed by atoms with Gasteiger partial charge in [-0.25, -0.2) is 4.39 Å². The highest BCUT2D eigenvalue weighted by atomic mass is 35.5. The molecular weight excluding hydrogens is 214 g/mol. The fourth-order valence-electron chi connectivity index (χ4n) is 0.690. The minimum absolute atomic E-state index is 3.21. The summed E-state index contributed by atoms with van der Waals surface area (Å²) in [6.07, 6.45) is -3.21. The first-order valence-electron chi connectivity index (χ1n) is 2.43. The molecular formula is C4HCl2F5. The van der Waals surface area contributed by atoms with E-state index in [4.69, 9.17) is 0 Å². The summed E-state index contributed by atoms with van der Waals surface area (Å²) in [6, 6.07) is 0. The first-order valence-corrected chi connectivity index (χ1v) is 3.19. The van der Waals surface area contributed by atoms with E-state index in [0.717, 1.165) is 0 Å². The number of alkyl halides is 7. The lowest BCUT2D eigenvalue weighted by Crippen LogP contribution is -2.75. The molecule has 0 aromatic rings. The van der Waals surface area contributed by atoms with Crippen LogP contribution < -0.4 is 0 Å². The van der Waals surface area contributed by atoms with Gasteiger partial charge in [0, 0.05) is 0 Å². The van der Waals surface area contributed by atoms with Gasteiger partial charge in [0.25, 0.3) is 0 Å². The fraction of sp³-hybridized carbons (Fsp3) is 1.00. The highest BCUT2D eigenvalue weighted by Gasteiger charge is 2.88. The molecule has 0 amide bonds. The van der Waals surface area contributed by atoms with Crippen molar-refractivity contribution in [1.29, 1.82) is 0 Å². The average molecular weight is 215 g/mol. The summed E-state index contributed by atoms with van der Waals surface area (Å²) in [7, 11) is 0. The van der Waals surface area contributed by atoms with Crippen molar-refractivity contribution < 1.29 is 22.0 Å². The molecule has 1 aliphatic rings. The third-order valence-corrected chi connectivity index (χ3v) is 2.33. The quantitative estimate of drug-likeness (QED) is 0.430. The molecule has 0 aliphatic heterocycles. The second-order valence-electron chi connectivity index (χ2n) is 2.18. The summed E-state index contributed by atoms with van der Waals surface area (Å²) in [6.45, 7) is 0. The molecule has 0 nitrogen and oxygen atoms in total. The van der Waals surface area contributed by atoms with Crippen LogP contribution in [0.4, 0.5) is 22.0 Å². The highest BCUT2D eigenvalue weighted by molar-refractivity contribution is 6.50. The van der Waals surface area contributed by atoms with Gasteiger partial charge in [0.2, 0.25) is 10.5 Å². The monoisotopic (exact) mass is 214 g/mol. The third kappa shape index (κ3) is 0.758. The van der Waals surface area contributed by atoms with E-state index in [1.165, 1.54) is 0 Å². The molecule has 1 atom stereocenters. The van der Waals surface area contributed by atoms with E-state index in [1.54, 1.807) is 0 Å². The van der Waals surface area contributed by atoms with E-state index in [-0.39, 0.29) is 0 Å². The van der Waals surface area contributed by atoms with Crippen LogP contribution in [-0.2, 0) is 0 Å². The maximum Gasteiger partial charge on any atom is 0.348 e. The van der Waals surface area contributed by atoms with Gasteiger partial charge in [-0.15, -0.1) is 0 Å². The van der Waals surface area contributed by atoms with Crippen LogP contribution in [0.25, 0.3) is 0 Å². The van der Waals surface area contributed by atoms with Gasteiger partial charge in [0.1, 0.15) is 0 Å². The lowest BCUT2D eigenvalue weighted by Gasteiger charge is -2.48. The SMILES string of the molecule is FC1C(F)(F)C(F)(F)C1(Cl)Cl. The van der Waals surface area contributed by atoms with Crippen molar-refractivity contribution in [2.24, 2.45) is 0 Å². The minimum Gasteiger partial charge on any atom is -0.237 e. The first-order chi connectivity index (χ1) is 4.65. The van der Waals surface area contributed by atoms with E-state index in [0.29, 0.717) is 0 Å². The zero-order valence-electron chi connectivity index (χ0n) is 4.72. The molecule has 11 heavy (non-hydrogen) atoms. The van der Waals surface area contributed by atoms with Crippen LogP contribution >= 0.6 is 23.2 Å². The van der Waals surface area contributed by atoms with E-state index < -0.39 is 22.4 Å². The van der Waals surface area contributed by atoms with Crippen LogP contribution in [0.2, 0.25) is 0 Å². The lowest BCUT2D eigenvalue weighted by atomic mass is 9.85. The molecule has 0 saturated heterocycles. The minimum atomic E-state index is -4.75. The standard InChI is InChI=1S/C4HCl2F5/c5-2(6)1(7)3(8,9)4(2,10)11/h1H. The van der Waals surface area contributed by atoms with Crippen molar-refractivity contribution in [3.05, 3.63) is 0 Å². The predicted molar refractivity (Wildman–Crippen MR) is 29.2 cm³/mol. The fourth-order valence-corrected chi connectivity index (χ4v) is 1.22. The van der Waals surface area contributed by atoms with Crippen molar-refractivity contribution >= 4 is 23.2 Å². The van der Waals surface area contributed by atoms with Crippen molar-refractivity contribution in [3.8, 4) is 0 Å².